The Morgan fingerprint density at radius 1 is 0.659 bits per heavy atom. The smallest absolute Gasteiger partial charge is 0.147 e. The maximum Gasteiger partial charge on any atom is -0.147 e. The third kappa shape index (κ3) is 6.99. The molecule has 0 saturated heterocycles. The molecule has 0 N–H and O–H groups in total. The molecule has 2 aliphatic carbocycles. The van der Waals surface area contributed by atoms with Gasteiger partial charge in [0.05, 0.1) is 0 Å². The van der Waals surface area contributed by atoms with Gasteiger partial charge in [-0.25, -0.2) is 0 Å². The third-order valence-corrected chi connectivity index (χ3v) is 16.7. The molecule has 4 aromatic rings. The first-order valence-electron chi connectivity index (χ1n) is 14.8. The van der Waals surface area contributed by atoms with Crippen molar-refractivity contribution in [3.05, 3.63) is 144 Å². The first-order valence-corrected chi connectivity index (χ1v) is 19.3. The summed E-state index contributed by atoms with van der Waals surface area (Å²) in [5.41, 5.74) is 11.3. The van der Waals surface area contributed by atoms with Crippen molar-refractivity contribution < 1.29 is 21.3 Å². The van der Waals surface area contributed by atoms with Crippen LogP contribution in [-0.2, 0) is 38.5 Å². The van der Waals surface area contributed by atoms with Gasteiger partial charge in [0.25, 0.3) is 0 Å². The number of hydrogen-bond donors (Lipinski definition) is 0. The van der Waals surface area contributed by atoms with Gasteiger partial charge in [-0.3, -0.25) is 0 Å². The molecule has 2 aliphatic rings. The van der Waals surface area contributed by atoms with Crippen LogP contribution >= 0.6 is 48.0 Å². The molecular weight excluding hydrogens is 701 g/mol. The van der Waals surface area contributed by atoms with E-state index in [9.17, 15) is 0 Å². The first-order chi connectivity index (χ1) is 19.9. The zero-order valence-electron chi connectivity index (χ0n) is 26.2. The summed E-state index contributed by atoms with van der Waals surface area (Å²) in [7, 11) is 0. The molecule has 4 aromatic carbocycles. The number of halogens is 4. The van der Waals surface area contributed by atoms with Crippen molar-refractivity contribution in [1.29, 1.82) is 0 Å². The van der Waals surface area contributed by atoms with E-state index in [1.807, 2.05) is 24.3 Å². The van der Waals surface area contributed by atoms with E-state index < -0.39 is 21.3 Å². The van der Waals surface area contributed by atoms with Crippen molar-refractivity contribution in [1.82, 2.24) is 0 Å². The van der Waals surface area contributed by atoms with Crippen LogP contribution in [0.3, 0.4) is 0 Å². The fourth-order valence-corrected chi connectivity index (χ4v) is 14.4. The van der Waals surface area contributed by atoms with Crippen molar-refractivity contribution in [2.24, 2.45) is 0 Å². The summed E-state index contributed by atoms with van der Waals surface area (Å²) in [5.74, 6) is 0. The van der Waals surface area contributed by atoms with Gasteiger partial charge < -0.3 is 0 Å². The van der Waals surface area contributed by atoms with Crippen molar-refractivity contribution >= 4 is 54.5 Å². The van der Waals surface area contributed by atoms with Crippen molar-refractivity contribution in [3.63, 3.8) is 0 Å². The number of allylic oxidation sites excluding steroid dienone is 4. The predicted molar refractivity (Wildman–Crippen MR) is 194 cm³/mol. The molecule has 0 bridgehead atoms. The molecule has 0 spiro atoms. The van der Waals surface area contributed by atoms with Crippen molar-refractivity contribution in [2.75, 3.05) is 0 Å². The van der Waals surface area contributed by atoms with Crippen LogP contribution in [0.5, 0.6) is 0 Å². The largest absolute Gasteiger partial charge is 0.147 e. The van der Waals surface area contributed by atoms with Gasteiger partial charge in [-0.2, -0.15) is 0 Å². The Hall–Kier alpha value is -1.73. The third-order valence-electron chi connectivity index (χ3n) is 8.63. The normalized spacial score (nSPS) is 13.4. The molecule has 6 rings (SSSR count). The van der Waals surface area contributed by atoms with E-state index in [0.29, 0.717) is 0 Å². The molecule has 0 unspecified atom stereocenters. The zero-order chi connectivity index (χ0) is 29.8. The Bertz CT molecular complexity index is 1730. The van der Waals surface area contributed by atoms with E-state index >= 15 is 0 Å². The number of rotatable bonds is 4. The Morgan fingerprint density at radius 3 is 1.70 bits per heavy atom. The number of benzene rings is 4. The minimum atomic E-state index is -2.78. The van der Waals surface area contributed by atoms with E-state index in [2.05, 4.69) is 114 Å². The molecule has 228 valence electrons. The number of fused-ring (bicyclic) bond motifs is 3. The van der Waals surface area contributed by atoms with Gasteiger partial charge in [0.15, 0.2) is 0 Å². The van der Waals surface area contributed by atoms with Crippen LogP contribution in [-0.4, -0.2) is 3.21 Å². The monoisotopic (exact) mass is 738 g/mol. The van der Waals surface area contributed by atoms with Gasteiger partial charge in [0.1, 0.15) is 0 Å². The summed E-state index contributed by atoms with van der Waals surface area (Å²) in [6.45, 7) is 14.0. The quantitative estimate of drug-likeness (QED) is 0.172. The van der Waals surface area contributed by atoms with Gasteiger partial charge in [-0.05, 0) is 0 Å². The average molecular weight is 742 g/mol. The summed E-state index contributed by atoms with van der Waals surface area (Å²) < 4.78 is 4.69. The van der Waals surface area contributed by atoms with Crippen LogP contribution in [0.2, 0.25) is 10.0 Å². The molecule has 0 nitrogen and oxygen atoms in total. The summed E-state index contributed by atoms with van der Waals surface area (Å²) in [6, 6.07) is 29.3. The molecule has 0 radical (unpaired) electrons. The minimum Gasteiger partial charge on any atom is -0.147 e. The molecule has 0 fully saturated rings. The van der Waals surface area contributed by atoms with Crippen LogP contribution < -0.4 is 3.27 Å². The van der Waals surface area contributed by atoms with Crippen LogP contribution in [0, 0.1) is 0 Å². The molecule has 44 heavy (non-hydrogen) atoms. The molecule has 5 heteroatoms. The van der Waals surface area contributed by atoms with E-state index in [4.69, 9.17) is 23.2 Å². The molecular formula is C39H40Cl4Zr. The zero-order valence-corrected chi connectivity index (χ0v) is 31.8. The standard InChI is InChI=1S/C21H25.C13H8Cl2.C5H5.2ClH.Zr/c1-20(2,3)16-9-7-14-11-15-8-10-17(21(4,5)6)13-19(15)18(14)12-16;14-12-5-1-10(2-6-12)9-11-3-7-13(15)8-4-11;1-2-4-5-3-1;;;/h7,9-10,12-13H,11H2,1-6H3;1-8H;1-3H,4H2;2*1H;. The van der Waals surface area contributed by atoms with Crippen molar-refractivity contribution in [3.8, 4) is 11.1 Å². The summed E-state index contributed by atoms with van der Waals surface area (Å²) in [6.07, 6.45) is 9.02. The van der Waals surface area contributed by atoms with Crippen LogP contribution in [0.4, 0.5) is 0 Å². The maximum absolute atomic E-state index is 6.42. The van der Waals surface area contributed by atoms with Gasteiger partial charge in [0.2, 0.25) is 0 Å². The molecule has 0 saturated carbocycles. The van der Waals surface area contributed by atoms with Gasteiger partial charge in [-0.15, -0.1) is 24.8 Å². The van der Waals surface area contributed by atoms with Gasteiger partial charge in [-0.1, -0.05) is 0 Å². The summed E-state index contributed by atoms with van der Waals surface area (Å²) in [5, 5.41) is 1.53. The SMILES string of the molecule is CC(C)(C)c1ccc2c(c1)-c1cc(C(C)(C)C)c[c]([Zr]([C]3=CC=CC3)=[C](c3ccc(Cl)cc3)c3ccc(Cl)cc3)c1C2.Cl.Cl. The Labute approximate surface area is 293 Å². The summed E-state index contributed by atoms with van der Waals surface area (Å²) in [4.78, 5) is 0. The van der Waals surface area contributed by atoms with E-state index in [1.165, 1.54) is 47.7 Å². The molecule has 0 aliphatic heterocycles. The maximum atomic E-state index is 6.42. The van der Waals surface area contributed by atoms with Crippen LogP contribution in [0.1, 0.15) is 81.3 Å². The Kier molecular flexibility index (Phi) is 10.8. The van der Waals surface area contributed by atoms with Crippen LogP contribution in [0.15, 0.2) is 100 Å². The molecule has 0 heterocycles. The summed E-state index contributed by atoms with van der Waals surface area (Å²) >= 11 is 10.1. The first kappa shape index (κ1) is 35.1. The molecule has 0 amide bonds. The van der Waals surface area contributed by atoms with Crippen molar-refractivity contribution in [2.45, 2.75) is 65.2 Å². The van der Waals surface area contributed by atoms with Gasteiger partial charge >= 0.3 is 271 Å². The second-order valence-electron chi connectivity index (χ2n) is 13.7. The Morgan fingerprint density at radius 2 is 1.20 bits per heavy atom. The van der Waals surface area contributed by atoms with Crippen LogP contribution in [0.25, 0.3) is 11.1 Å². The second kappa shape index (κ2) is 13.6. The Balaban J connectivity index is 0.00000221. The van der Waals surface area contributed by atoms with E-state index in [-0.39, 0.29) is 35.6 Å². The minimum absolute atomic E-state index is 0. The average Bonchev–Trinajstić information content (AvgIpc) is 3.60. The number of hydrogen-bond acceptors (Lipinski definition) is 0. The topological polar surface area (TPSA) is 0 Å². The molecule has 0 aromatic heterocycles. The van der Waals surface area contributed by atoms with E-state index in [0.717, 1.165) is 22.9 Å². The van der Waals surface area contributed by atoms with E-state index in [1.54, 1.807) is 6.55 Å². The molecule has 0 atom stereocenters. The predicted octanol–water partition coefficient (Wildman–Crippen LogP) is 11.4. The fourth-order valence-electron chi connectivity index (χ4n) is 6.19. The second-order valence-corrected chi connectivity index (χ2v) is 20.5. The van der Waals surface area contributed by atoms with Gasteiger partial charge in [0, 0.05) is 0 Å². The fraction of sp³-hybridized carbons (Fsp3) is 0.256.